The third-order valence-electron chi connectivity index (χ3n) is 3.42. The molecule has 0 saturated carbocycles. The number of halogens is 1. The molecule has 0 spiro atoms. The molecule has 0 amide bonds. The van der Waals surface area contributed by atoms with Crippen molar-refractivity contribution < 1.29 is 4.39 Å². The second kappa shape index (κ2) is 5.01. The first-order valence-electron chi connectivity index (χ1n) is 6.53. The van der Waals surface area contributed by atoms with Crippen molar-refractivity contribution in [2.24, 2.45) is 0 Å². The van der Waals surface area contributed by atoms with E-state index in [2.05, 4.69) is 4.98 Å². The lowest BCUT2D eigenvalue weighted by atomic mass is 10.1. The van der Waals surface area contributed by atoms with Gasteiger partial charge in [-0.3, -0.25) is 9.36 Å². The van der Waals surface area contributed by atoms with Gasteiger partial charge in [0.2, 0.25) is 0 Å². The molecule has 3 aromatic rings. The van der Waals surface area contributed by atoms with Gasteiger partial charge in [0, 0.05) is 5.56 Å². The molecule has 0 aliphatic carbocycles. The fourth-order valence-corrected chi connectivity index (χ4v) is 2.30. The maximum Gasteiger partial charge on any atom is 0.329 e. The molecule has 1 N–H and O–H groups in total. The van der Waals surface area contributed by atoms with E-state index in [0.717, 1.165) is 10.1 Å². The second-order valence-corrected chi connectivity index (χ2v) is 4.96. The first kappa shape index (κ1) is 13.3. The number of nitrogens with zero attached hydrogens (tertiary/aromatic N) is 1. The van der Waals surface area contributed by atoms with E-state index in [1.807, 2.05) is 13.0 Å². The monoisotopic (exact) mass is 284 g/mol. The molecular formula is C16H13FN2O2. The van der Waals surface area contributed by atoms with Crippen LogP contribution in [-0.2, 0) is 6.54 Å². The highest BCUT2D eigenvalue weighted by Gasteiger charge is 2.10. The van der Waals surface area contributed by atoms with Crippen LogP contribution in [-0.4, -0.2) is 9.55 Å². The number of hydrogen-bond donors (Lipinski definition) is 1. The predicted molar refractivity (Wildman–Crippen MR) is 79.1 cm³/mol. The summed E-state index contributed by atoms with van der Waals surface area (Å²) in [4.78, 5) is 27.1. The van der Waals surface area contributed by atoms with Crippen LogP contribution in [0.3, 0.4) is 0 Å². The van der Waals surface area contributed by atoms with Crippen LogP contribution >= 0.6 is 0 Å². The van der Waals surface area contributed by atoms with Crippen molar-refractivity contribution in [2.45, 2.75) is 13.5 Å². The lowest BCUT2D eigenvalue weighted by molar-refractivity contribution is 0.591. The molecule has 5 heteroatoms. The summed E-state index contributed by atoms with van der Waals surface area (Å²) in [5.41, 5.74) is 0.752. The van der Waals surface area contributed by atoms with Gasteiger partial charge in [0.25, 0.3) is 5.56 Å². The Labute approximate surface area is 119 Å². The molecule has 0 aliphatic rings. The lowest BCUT2D eigenvalue weighted by Gasteiger charge is -2.07. The fraction of sp³-hybridized carbons (Fsp3) is 0.125. The Kier molecular flexibility index (Phi) is 3.17. The van der Waals surface area contributed by atoms with Gasteiger partial charge >= 0.3 is 5.69 Å². The minimum atomic E-state index is -0.542. The van der Waals surface area contributed by atoms with Crippen molar-refractivity contribution in [1.82, 2.24) is 9.55 Å². The average Bonchev–Trinajstić information content (AvgIpc) is 2.46. The Morgan fingerprint density at radius 1 is 1.14 bits per heavy atom. The first-order valence-corrected chi connectivity index (χ1v) is 6.53. The molecule has 0 atom stereocenters. The summed E-state index contributed by atoms with van der Waals surface area (Å²) in [6.07, 6.45) is 0. The van der Waals surface area contributed by atoms with Crippen molar-refractivity contribution in [2.75, 3.05) is 0 Å². The van der Waals surface area contributed by atoms with Gasteiger partial charge in [-0.05, 0) is 25.1 Å². The number of aromatic amines is 1. The SMILES string of the molecule is Cc1ccc2[nH]c(=O)n(Cc3ccccc3F)c(=O)c2c1. The van der Waals surface area contributed by atoms with Crippen molar-refractivity contribution in [3.05, 3.63) is 80.2 Å². The smallest absolute Gasteiger partial charge is 0.307 e. The highest BCUT2D eigenvalue weighted by atomic mass is 19.1. The normalized spacial score (nSPS) is 11.0. The van der Waals surface area contributed by atoms with E-state index in [-0.39, 0.29) is 6.54 Å². The van der Waals surface area contributed by atoms with Crippen LogP contribution in [0.4, 0.5) is 4.39 Å². The van der Waals surface area contributed by atoms with Crippen molar-refractivity contribution in [3.8, 4) is 0 Å². The Morgan fingerprint density at radius 3 is 2.67 bits per heavy atom. The zero-order valence-corrected chi connectivity index (χ0v) is 11.4. The molecule has 4 nitrogen and oxygen atoms in total. The summed E-state index contributed by atoms with van der Waals surface area (Å²) in [6.45, 7) is 1.77. The van der Waals surface area contributed by atoms with Gasteiger partial charge in [-0.25, -0.2) is 9.18 Å². The van der Waals surface area contributed by atoms with Gasteiger partial charge in [-0.1, -0.05) is 29.8 Å². The molecule has 0 saturated heterocycles. The summed E-state index contributed by atoms with van der Waals surface area (Å²) in [5.74, 6) is -0.437. The summed E-state index contributed by atoms with van der Waals surface area (Å²) >= 11 is 0. The van der Waals surface area contributed by atoms with E-state index < -0.39 is 17.1 Å². The zero-order chi connectivity index (χ0) is 15.0. The summed E-state index contributed by atoms with van der Waals surface area (Å²) in [5, 5.41) is 0.422. The molecule has 0 unspecified atom stereocenters. The number of rotatable bonds is 2. The molecule has 0 radical (unpaired) electrons. The highest BCUT2D eigenvalue weighted by molar-refractivity contribution is 5.77. The molecule has 21 heavy (non-hydrogen) atoms. The number of benzene rings is 2. The minimum absolute atomic E-state index is 0.0925. The highest BCUT2D eigenvalue weighted by Crippen LogP contribution is 2.10. The molecule has 2 aromatic carbocycles. The van der Waals surface area contributed by atoms with Crippen LogP contribution in [0, 0.1) is 12.7 Å². The van der Waals surface area contributed by atoms with Crippen molar-refractivity contribution in [1.29, 1.82) is 0 Å². The maximum absolute atomic E-state index is 13.7. The molecule has 106 valence electrons. The van der Waals surface area contributed by atoms with Crippen LogP contribution in [0.15, 0.2) is 52.1 Å². The van der Waals surface area contributed by atoms with E-state index in [0.29, 0.717) is 16.5 Å². The number of fused-ring (bicyclic) bond motifs is 1. The van der Waals surface area contributed by atoms with Crippen LogP contribution in [0.25, 0.3) is 10.9 Å². The number of H-pyrrole nitrogens is 1. The quantitative estimate of drug-likeness (QED) is 0.784. The van der Waals surface area contributed by atoms with Gasteiger partial charge in [-0.2, -0.15) is 0 Å². The third-order valence-corrected chi connectivity index (χ3v) is 3.42. The van der Waals surface area contributed by atoms with Gasteiger partial charge in [0.1, 0.15) is 5.82 Å². The van der Waals surface area contributed by atoms with Gasteiger partial charge in [0.05, 0.1) is 17.4 Å². The minimum Gasteiger partial charge on any atom is -0.307 e. The Bertz CT molecular complexity index is 941. The summed E-state index contributed by atoms with van der Waals surface area (Å²) < 4.78 is 14.7. The molecular weight excluding hydrogens is 271 g/mol. The van der Waals surface area contributed by atoms with Crippen LogP contribution < -0.4 is 11.2 Å². The zero-order valence-electron chi connectivity index (χ0n) is 11.4. The van der Waals surface area contributed by atoms with Crippen molar-refractivity contribution >= 4 is 10.9 Å². The fourth-order valence-electron chi connectivity index (χ4n) is 2.30. The average molecular weight is 284 g/mol. The molecule has 1 aromatic heterocycles. The molecule has 1 heterocycles. The molecule has 0 bridgehead atoms. The van der Waals surface area contributed by atoms with E-state index in [1.54, 1.807) is 30.3 Å². The molecule has 0 fully saturated rings. The van der Waals surface area contributed by atoms with Crippen LogP contribution in [0.2, 0.25) is 0 Å². The van der Waals surface area contributed by atoms with Gasteiger partial charge < -0.3 is 4.98 Å². The largest absolute Gasteiger partial charge is 0.329 e. The Morgan fingerprint density at radius 2 is 1.90 bits per heavy atom. The third kappa shape index (κ3) is 2.38. The number of nitrogens with one attached hydrogen (secondary N) is 1. The number of aryl methyl sites for hydroxylation is 1. The van der Waals surface area contributed by atoms with Crippen LogP contribution in [0.5, 0.6) is 0 Å². The van der Waals surface area contributed by atoms with Crippen LogP contribution in [0.1, 0.15) is 11.1 Å². The van der Waals surface area contributed by atoms with Gasteiger partial charge in [-0.15, -0.1) is 0 Å². The maximum atomic E-state index is 13.7. The molecule has 0 aliphatic heterocycles. The number of hydrogen-bond acceptors (Lipinski definition) is 2. The lowest BCUT2D eigenvalue weighted by Crippen LogP contribution is -2.35. The van der Waals surface area contributed by atoms with E-state index in [1.165, 1.54) is 6.07 Å². The van der Waals surface area contributed by atoms with Gasteiger partial charge in [0.15, 0.2) is 0 Å². The number of aromatic nitrogens is 2. The summed E-state index contributed by atoms with van der Waals surface area (Å²) in [6, 6.07) is 11.3. The first-order chi connectivity index (χ1) is 10.1. The van der Waals surface area contributed by atoms with E-state index in [4.69, 9.17) is 0 Å². The topological polar surface area (TPSA) is 54.9 Å². The summed E-state index contributed by atoms with van der Waals surface area (Å²) in [7, 11) is 0. The second-order valence-electron chi connectivity index (χ2n) is 4.96. The van der Waals surface area contributed by atoms with E-state index in [9.17, 15) is 14.0 Å². The Hall–Kier alpha value is -2.69. The Balaban J connectivity index is 2.21. The van der Waals surface area contributed by atoms with E-state index >= 15 is 0 Å². The molecule has 3 rings (SSSR count). The standard InChI is InChI=1S/C16H13FN2O2/c1-10-6-7-14-12(8-10)15(20)19(16(21)18-14)9-11-4-2-3-5-13(11)17/h2-8H,9H2,1H3,(H,18,21). The predicted octanol–water partition coefficient (Wildman–Crippen LogP) is 2.19. The van der Waals surface area contributed by atoms with Crippen molar-refractivity contribution in [3.63, 3.8) is 0 Å².